The lowest BCUT2D eigenvalue weighted by molar-refractivity contribution is 0.138. The third kappa shape index (κ3) is 1.25. The summed E-state index contributed by atoms with van der Waals surface area (Å²) in [7, 11) is 0. The fourth-order valence-corrected chi connectivity index (χ4v) is 1.82. The van der Waals surface area contributed by atoms with Crippen LogP contribution in [0.4, 0.5) is 0 Å². The Hall–Kier alpha value is -0.900. The largest absolute Gasteiger partial charge is 0.393 e. The quantitative estimate of drug-likeness (QED) is 0.681. The van der Waals surface area contributed by atoms with Crippen LogP contribution in [-0.2, 0) is 13.0 Å². The van der Waals surface area contributed by atoms with Crippen LogP contribution in [0.2, 0.25) is 0 Å². The molecule has 3 rings (SSSR count). The summed E-state index contributed by atoms with van der Waals surface area (Å²) in [5, 5.41) is 13.9. The molecular weight excluding hydrogens is 166 g/mol. The van der Waals surface area contributed by atoms with Crippen LogP contribution in [0.3, 0.4) is 0 Å². The van der Waals surface area contributed by atoms with E-state index in [4.69, 9.17) is 0 Å². The highest BCUT2D eigenvalue weighted by Gasteiger charge is 2.30. The molecule has 13 heavy (non-hydrogen) atoms. The first-order valence-corrected chi connectivity index (χ1v) is 4.94. The van der Waals surface area contributed by atoms with Crippen molar-refractivity contribution in [3.05, 3.63) is 11.6 Å². The smallest absolute Gasteiger partial charge is 0.154 e. The first-order valence-electron chi connectivity index (χ1n) is 4.94. The van der Waals surface area contributed by atoms with Crippen molar-refractivity contribution in [2.24, 2.45) is 0 Å². The van der Waals surface area contributed by atoms with E-state index in [1.807, 2.05) is 4.68 Å². The zero-order valence-corrected chi connectivity index (χ0v) is 7.48. The van der Waals surface area contributed by atoms with Crippen molar-refractivity contribution in [1.82, 2.24) is 14.8 Å². The van der Waals surface area contributed by atoms with Crippen LogP contribution >= 0.6 is 0 Å². The molecular formula is C9H13N3O. The molecule has 4 nitrogen and oxygen atoms in total. The van der Waals surface area contributed by atoms with E-state index in [2.05, 4.69) is 10.1 Å². The van der Waals surface area contributed by atoms with Crippen molar-refractivity contribution in [2.45, 2.75) is 44.2 Å². The van der Waals surface area contributed by atoms with Crippen molar-refractivity contribution in [3.63, 3.8) is 0 Å². The van der Waals surface area contributed by atoms with Crippen molar-refractivity contribution in [2.75, 3.05) is 0 Å². The number of hydrogen-bond acceptors (Lipinski definition) is 3. The van der Waals surface area contributed by atoms with Gasteiger partial charge in [-0.2, -0.15) is 5.10 Å². The third-order valence-electron chi connectivity index (χ3n) is 2.80. The molecule has 0 spiro atoms. The monoisotopic (exact) mass is 179 g/mol. The van der Waals surface area contributed by atoms with Gasteiger partial charge in [0.15, 0.2) is 5.82 Å². The molecule has 1 fully saturated rings. The first kappa shape index (κ1) is 7.50. The van der Waals surface area contributed by atoms with E-state index in [9.17, 15) is 5.11 Å². The second-order valence-electron chi connectivity index (χ2n) is 4.03. The minimum Gasteiger partial charge on any atom is -0.393 e. The molecule has 1 saturated carbocycles. The second-order valence-corrected chi connectivity index (χ2v) is 4.03. The van der Waals surface area contributed by atoms with Crippen LogP contribution in [0.25, 0.3) is 0 Å². The number of hydrogen-bond donors (Lipinski definition) is 1. The molecule has 70 valence electrons. The van der Waals surface area contributed by atoms with Gasteiger partial charge in [-0.25, -0.2) is 9.67 Å². The number of aryl methyl sites for hydroxylation is 1. The van der Waals surface area contributed by atoms with Gasteiger partial charge in [0.2, 0.25) is 0 Å². The van der Waals surface area contributed by atoms with Crippen LogP contribution < -0.4 is 0 Å². The van der Waals surface area contributed by atoms with E-state index in [0.29, 0.717) is 12.3 Å². The number of fused-ring (bicyclic) bond motifs is 1. The van der Waals surface area contributed by atoms with Gasteiger partial charge in [-0.15, -0.1) is 0 Å². The van der Waals surface area contributed by atoms with Crippen LogP contribution in [0.1, 0.15) is 36.8 Å². The summed E-state index contributed by atoms with van der Waals surface area (Å²) in [5.41, 5.74) is 0. The topological polar surface area (TPSA) is 50.9 Å². The standard InChI is InChI=1S/C9H13N3O/c13-7-3-4-12-8(5-7)10-9(11-12)6-1-2-6/h6-7,13H,1-5H2. The lowest BCUT2D eigenvalue weighted by Gasteiger charge is -2.16. The Balaban J connectivity index is 1.93. The molecule has 1 aromatic heterocycles. The predicted molar refractivity (Wildman–Crippen MR) is 46.3 cm³/mol. The molecule has 2 heterocycles. The van der Waals surface area contributed by atoms with Gasteiger partial charge in [-0.1, -0.05) is 0 Å². The minimum atomic E-state index is -0.205. The fraction of sp³-hybridized carbons (Fsp3) is 0.778. The van der Waals surface area contributed by atoms with E-state index >= 15 is 0 Å². The molecule has 0 aromatic carbocycles. The van der Waals surface area contributed by atoms with Gasteiger partial charge >= 0.3 is 0 Å². The summed E-state index contributed by atoms with van der Waals surface area (Å²) >= 11 is 0. The third-order valence-corrected chi connectivity index (χ3v) is 2.80. The highest BCUT2D eigenvalue weighted by atomic mass is 16.3. The molecule has 1 unspecified atom stereocenters. The van der Waals surface area contributed by atoms with Crippen LogP contribution in [0, 0.1) is 0 Å². The molecule has 0 radical (unpaired) electrons. The molecule has 1 aliphatic carbocycles. The highest BCUT2D eigenvalue weighted by Crippen LogP contribution is 2.38. The van der Waals surface area contributed by atoms with E-state index < -0.39 is 0 Å². The van der Waals surface area contributed by atoms with Crippen LogP contribution in [-0.4, -0.2) is 26.0 Å². The van der Waals surface area contributed by atoms with Gasteiger partial charge in [0.05, 0.1) is 6.10 Å². The predicted octanol–water partition coefficient (Wildman–Crippen LogP) is 0.463. The Morgan fingerprint density at radius 3 is 2.92 bits per heavy atom. The van der Waals surface area contributed by atoms with Crippen molar-refractivity contribution >= 4 is 0 Å². The van der Waals surface area contributed by atoms with E-state index in [1.165, 1.54) is 12.8 Å². The lowest BCUT2D eigenvalue weighted by Crippen LogP contribution is -2.23. The van der Waals surface area contributed by atoms with E-state index in [0.717, 1.165) is 24.6 Å². The number of nitrogens with zero attached hydrogens (tertiary/aromatic N) is 3. The fourth-order valence-electron chi connectivity index (χ4n) is 1.82. The van der Waals surface area contributed by atoms with Gasteiger partial charge < -0.3 is 5.11 Å². The molecule has 1 N–H and O–H groups in total. The Morgan fingerprint density at radius 1 is 1.31 bits per heavy atom. The maximum Gasteiger partial charge on any atom is 0.154 e. The maximum absolute atomic E-state index is 9.44. The van der Waals surface area contributed by atoms with Crippen LogP contribution in [0.5, 0.6) is 0 Å². The summed E-state index contributed by atoms with van der Waals surface area (Å²) in [5.74, 6) is 2.60. The molecule has 1 aliphatic heterocycles. The Kier molecular flexibility index (Phi) is 1.47. The summed E-state index contributed by atoms with van der Waals surface area (Å²) < 4.78 is 1.96. The SMILES string of the molecule is OC1CCn2nc(C3CC3)nc2C1. The zero-order chi connectivity index (χ0) is 8.84. The number of aliphatic hydroxyl groups excluding tert-OH is 1. The highest BCUT2D eigenvalue weighted by molar-refractivity contribution is 5.07. The molecule has 0 saturated heterocycles. The molecule has 0 bridgehead atoms. The first-order chi connectivity index (χ1) is 6.33. The molecule has 2 aliphatic rings. The average molecular weight is 179 g/mol. The van der Waals surface area contributed by atoms with Gasteiger partial charge in [-0.05, 0) is 19.3 Å². The Labute approximate surface area is 76.6 Å². The summed E-state index contributed by atoms with van der Waals surface area (Å²) in [6.45, 7) is 0.830. The van der Waals surface area contributed by atoms with Crippen LogP contribution in [0.15, 0.2) is 0 Å². The number of aliphatic hydroxyl groups is 1. The Bertz CT molecular complexity index is 330. The normalized spacial score (nSPS) is 27.3. The molecule has 0 amide bonds. The number of aromatic nitrogens is 3. The van der Waals surface area contributed by atoms with Gasteiger partial charge in [0.25, 0.3) is 0 Å². The summed E-state index contributed by atoms with van der Waals surface area (Å²) in [4.78, 5) is 4.46. The maximum atomic E-state index is 9.44. The molecule has 1 aromatic rings. The molecule has 1 atom stereocenters. The Morgan fingerprint density at radius 2 is 2.15 bits per heavy atom. The van der Waals surface area contributed by atoms with E-state index in [-0.39, 0.29) is 6.10 Å². The summed E-state index contributed by atoms with van der Waals surface area (Å²) in [6.07, 6.45) is 3.78. The average Bonchev–Trinajstić information content (AvgIpc) is 2.87. The van der Waals surface area contributed by atoms with Gasteiger partial charge in [-0.3, -0.25) is 0 Å². The van der Waals surface area contributed by atoms with Crippen molar-refractivity contribution in [1.29, 1.82) is 0 Å². The van der Waals surface area contributed by atoms with Crippen molar-refractivity contribution < 1.29 is 5.11 Å². The zero-order valence-electron chi connectivity index (χ0n) is 7.48. The van der Waals surface area contributed by atoms with Gasteiger partial charge in [0, 0.05) is 18.9 Å². The van der Waals surface area contributed by atoms with Crippen molar-refractivity contribution in [3.8, 4) is 0 Å². The number of rotatable bonds is 1. The minimum absolute atomic E-state index is 0.205. The summed E-state index contributed by atoms with van der Waals surface area (Å²) in [6, 6.07) is 0. The second kappa shape index (κ2) is 2.54. The van der Waals surface area contributed by atoms with Gasteiger partial charge in [0.1, 0.15) is 5.82 Å². The van der Waals surface area contributed by atoms with E-state index in [1.54, 1.807) is 0 Å². The lowest BCUT2D eigenvalue weighted by atomic mass is 10.1. The molecule has 4 heteroatoms.